The number of carbonyl (C=O) groups excluding carboxylic acids is 2. The average molecular weight is 399 g/mol. The Labute approximate surface area is 170 Å². The van der Waals surface area contributed by atoms with Crippen LogP contribution in [0.5, 0.6) is 0 Å². The number of urea groups is 1. The van der Waals surface area contributed by atoms with Gasteiger partial charge >= 0.3 is 6.03 Å². The van der Waals surface area contributed by atoms with Crippen LogP contribution in [0.1, 0.15) is 26.7 Å². The topological polar surface area (TPSA) is 119 Å². The molecule has 29 heavy (non-hydrogen) atoms. The number of aromatic nitrogens is 1. The molecule has 1 aliphatic heterocycles. The summed E-state index contributed by atoms with van der Waals surface area (Å²) in [6.07, 6.45) is 3.19. The molecular weight excluding hydrogens is 370 g/mol. The molecule has 0 bridgehead atoms. The van der Waals surface area contributed by atoms with Crippen molar-refractivity contribution in [1.29, 1.82) is 0 Å². The smallest absolute Gasteiger partial charge is 0.321 e. The quantitative estimate of drug-likeness (QED) is 0.388. The molecule has 2 aromatic rings. The van der Waals surface area contributed by atoms with Crippen molar-refractivity contribution in [3.8, 4) is 0 Å². The molecule has 1 fully saturated rings. The Morgan fingerprint density at radius 1 is 1.21 bits per heavy atom. The summed E-state index contributed by atoms with van der Waals surface area (Å²) in [5.74, 6) is -0.0171. The van der Waals surface area contributed by atoms with Crippen molar-refractivity contribution in [2.45, 2.75) is 45.2 Å². The molecule has 3 atom stereocenters. The van der Waals surface area contributed by atoms with E-state index in [1.54, 1.807) is 6.20 Å². The van der Waals surface area contributed by atoms with Crippen LogP contribution in [-0.4, -0.2) is 48.5 Å². The van der Waals surface area contributed by atoms with Gasteiger partial charge in [-0.2, -0.15) is 0 Å². The van der Waals surface area contributed by atoms with E-state index in [2.05, 4.69) is 43.8 Å². The van der Waals surface area contributed by atoms with Crippen molar-refractivity contribution in [3.63, 3.8) is 0 Å². The highest BCUT2D eigenvalue weighted by Gasteiger charge is 2.25. The zero-order chi connectivity index (χ0) is 20.6. The summed E-state index contributed by atoms with van der Waals surface area (Å²) < 4.78 is 0. The minimum atomic E-state index is -0.353. The summed E-state index contributed by atoms with van der Waals surface area (Å²) in [4.78, 5) is 27.6. The van der Waals surface area contributed by atoms with Crippen LogP contribution >= 0.6 is 0 Å². The van der Waals surface area contributed by atoms with E-state index in [1.165, 1.54) is 6.92 Å². The van der Waals surface area contributed by atoms with E-state index < -0.39 is 0 Å². The van der Waals surface area contributed by atoms with Gasteiger partial charge in [0.1, 0.15) is 6.29 Å². The first-order valence-corrected chi connectivity index (χ1v) is 9.92. The van der Waals surface area contributed by atoms with E-state index in [1.807, 2.05) is 30.3 Å². The fourth-order valence-corrected chi connectivity index (χ4v) is 3.33. The van der Waals surface area contributed by atoms with Crippen LogP contribution in [0.3, 0.4) is 0 Å². The molecule has 3 unspecified atom stereocenters. The fraction of sp³-hybridized carbons (Fsp3) is 0.450. The predicted molar refractivity (Wildman–Crippen MR) is 113 cm³/mol. The number of benzene rings is 1. The number of hydrogen-bond acceptors (Lipinski definition) is 6. The zero-order valence-corrected chi connectivity index (χ0v) is 16.8. The summed E-state index contributed by atoms with van der Waals surface area (Å²) in [5, 5.41) is 19.6. The molecule has 1 aromatic carbocycles. The van der Waals surface area contributed by atoms with Gasteiger partial charge in [0.15, 0.2) is 0 Å². The highest BCUT2D eigenvalue weighted by atomic mass is 16.2. The number of nitrogens with zero attached hydrogens (tertiary/aromatic N) is 1. The van der Waals surface area contributed by atoms with Gasteiger partial charge in [0.25, 0.3) is 0 Å². The molecule has 0 aliphatic carbocycles. The molecule has 3 amide bonds. The molecule has 1 saturated heterocycles. The summed E-state index contributed by atoms with van der Waals surface area (Å²) in [6.45, 7) is 5.01. The highest BCUT2D eigenvalue weighted by molar-refractivity contribution is 5.92. The van der Waals surface area contributed by atoms with Crippen molar-refractivity contribution in [2.75, 3.05) is 18.4 Å². The zero-order valence-electron chi connectivity index (χ0n) is 16.8. The van der Waals surface area contributed by atoms with Crippen LogP contribution in [0.15, 0.2) is 36.5 Å². The van der Waals surface area contributed by atoms with E-state index in [9.17, 15) is 9.59 Å². The molecule has 9 heteroatoms. The maximum atomic E-state index is 12.4. The number of anilines is 1. The van der Waals surface area contributed by atoms with Gasteiger partial charge in [0.2, 0.25) is 5.91 Å². The van der Waals surface area contributed by atoms with Gasteiger partial charge in [-0.3, -0.25) is 20.4 Å². The number of nitrogens with one attached hydrogen (secondary N) is 6. The first-order valence-electron chi connectivity index (χ1n) is 9.92. The second kappa shape index (κ2) is 10.1. The second-order valence-electron chi connectivity index (χ2n) is 7.26. The van der Waals surface area contributed by atoms with Crippen LogP contribution in [0.25, 0.3) is 10.9 Å². The molecule has 156 valence electrons. The molecule has 1 aliphatic rings. The van der Waals surface area contributed by atoms with Crippen molar-refractivity contribution >= 4 is 28.5 Å². The SMILES string of the molecule is CC(=O)NCCCNC1CC(C)NC(NC(=O)Nc2ccc3ncccc3c2)N1. The molecule has 9 nitrogen and oxygen atoms in total. The first-order chi connectivity index (χ1) is 14.0. The minimum absolute atomic E-state index is 0.0171. The van der Waals surface area contributed by atoms with Gasteiger partial charge < -0.3 is 21.3 Å². The van der Waals surface area contributed by atoms with Gasteiger partial charge in [-0.25, -0.2) is 4.79 Å². The van der Waals surface area contributed by atoms with Crippen molar-refractivity contribution < 1.29 is 9.59 Å². The molecule has 0 spiro atoms. The van der Waals surface area contributed by atoms with Crippen LogP contribution in [0.4, 0.5) is 10.5 Å². The van der Waals surface area contributed by atoms with Crippen molar-refractivity contribution in [1.82, 2.24) is 31.6 Å². The Hall–Kier alpha value is -2.75. The molecule has 0 radical (unpaired) electrons. The maximum Gasteiger partial charge on any atom is 0.321 e. The van der Waals surface area contributed by atoms with Gasteiger partial charge in [-0.05, 0) is 50.6 Å². The van der Waals surface area contributed by atoms with E-state index in [-0.39, 0.29) is 30.4 Å². The predicted octanol–water partition coefficient (Wildman–Crippen LogP) is 1.05. The maximum absolute atomic E-state index is 12.4. The monoisotopic (exact) mass is 399 g/mol. The van der Waals surface area contributed by atoms with Gasteiger partial charge in [-0.1, -0.05) is 6.07 Å². The fourth-order valence-electron chi connectivity index (χ4n) is 3.33. The lowest BCUT2D eigenvalue weighted by Crippen LogP contribution is -2.67. The normalized spacial score (nSPS) is 21.5. The summed E-state index contributed by atoms with van der Waals surface area (Å²) in [6, 6.07) is 9.37. The third-order valence-corrected chi connectivity index (χ3v) is 4.66. The van der Waals surface area contributed by atoms with E-state index >= 15 is 0 Å². The molecule has 0 saturated carbocycles. The molecule has 2 heterocycles. The third kappa shape index (κ3) is 6.67. The number of amides is 3. The van der Waals surface area contributed by atoms with Crippen molar-refractivity contribution in [2.24, 2.45) is 0 Å². The van der Waals surface area contributed by atoms with Gasteiger partial charge in [-0.15, -0.1) is 0 Å². The van der Waals surface area contributed by atoms with Crippen LogP contribution < -0.4 is 31.9 Å². The van der Waals surface area contributed by atoms with Gasteiger partial charge in [0, 0.05) is 36.8 Å². The lowest BCUT2D eigenvalue weighted by atomic mass is 10.1. The van der Waals surface area contributed by atoms with Crippen LogP contribution in [0.2, 0.25) is 0 Å². The summed E-state index contributed by atoms with van der Waals surface area (Å²) in [7, 11) is 0. The number of hydrogen-bond donors (Lipinski definition) is 6. The Morgan fingerprint density at radius 3 is 2.90 bits per heavy atom. The van der Waals surface area contributed by atoms with Crippen LogP contribution in [-0.2, 0) is 4.79 Å². The largest absolute Gasteiger partial charge is 0.356 e. The lowest BCUT2D eigenvalue weighted by Gasteiger charge is -2.36. The van der Waals surface area contributed by atoms with E-state index in [0.717, 1.165) is 30.3 Å². The minimum Gasteiger partial charge on any atom is -0.356 e. The molecule has 6 N–H and O–H groups in total. The van der Waals surface area contributed by atoms with Crippen LogP contribution in [0, 0.1) is 0 Å². The van der Waals surface area contributed by atoms with Gasteiger partial charge in [0.05, 0.1) is 11.7 Å². The first kappa shape index (κ1) is 21.0. The van der Waals surface area contributed by atoms with E-state index in [4.69, 9.17) is 0 Å². The summed E-state index contributed by atoms with van der Waals surface area (Å²) in [5.41, 5.74) is 1.59. The molecule has 3 rings (SSSR count). The standard InChI is InChI=1S/C20H29N7O2/c1-13-11-18(23-10-4-9-21-14(2)28)26-19(24-13)27-20(29)25-16-6-7-17-15(12-16)5-3-8-22-17/h3,5-8,12-13,18-19,23-24,26H,4,9-11H2,1-2H3,(H,21,28)(H2,25,27,29). The average Bonchev–Trinajstić information content (AvgIpc) is 2.67. The number of rotatable bonds is 7. The van der Waals surface area contributed by atoms with Crippen molar-refractivity contribution in [3.05, 3.63) is 36.5 Å². The second-order valence-corrected chi connectivity index (χ2v) is 7.26. The number of carbonyl (C=O) groups is 2. The third-order valence-electron chi connectivity index (χ3n) is 4.66. The summed E-state index contributed by atoms with van der Waals surface area (Å²) >= 11 is 0. The van der Waals surface area contributed by atoms with E-state index in [0.29, 0.717) is 12.2 Å². The Balaban J connectivity index is 1.46. The lowest BCUT2D eigenvalue weighted by molar-refractivity contribution is -0.118. The Kier molecular flexibility index (Phi) is 7.34. The Bertz CT molecular complexity index is 844. The molecule has 1 aromatic heterocycles. The Morgan fingerprint density at radius 2 is 2.07 bits per heavy atom. The number of fused-ring (bicyclic) bond motifs is 1. The highest BCUT2D eigenvalue weighted by Crippen LogP contribution is 2.16. The molecular formula is C20H29N7O2. The number of pyridine rings is 1.